The number of carbonyl (C=O) groups excluding carboxylic acids is 2. The van der Waals surface area contributed by atoms with E-state index in [0.717, 1.165) is 31.2 Å². The third kappa shape index (κ3) is 8.82. The Bertz CT molecular complexity index is 909. The van der Waals surface area contributed by atoms with Crippen LogP contribution in [0, 0.1) is 5.41 Å². The van der Waals surface area contributed by atoms with Gasteiger partial charge in [0.15, 0.2) is 0 Å². The molecule has 1 aromatic rings. The van der Waals surface area contributed by atoms with Crippen molar-refractivity contribution in [2.24, 2.45) is 5.41 Å². The second kappa shape index (κ2) is 14.3. The van der Waals surface area contributed by atoms with Gasteiger partial charge >= 0.3 is 5.97 Å². The minimum Gasteiger partial charge on any atom is -0.480 e. The molecule has 37 heavy (non-hydrogen) atoms. The van der Waals surface area contributed by atoms with Gasteiger partial charge in [-0.25, -0.2) is 5.01 Å². The molecule has 208 valence electrons. The number of hydrogen-bond acceptors (Lipinski definition) is 6. The summed E-state index contributed by atoms with van der Waals surface area (Å²) < 4.78 is 0. The van der Waals surface area contributed by atoms with E-state index in [2.05, 4.69) is 10.7 Å². The predicted molar refractivity (Wildman–Crippen MR) is 145 cm³/mol. The summed E-state index contributed by atoms with van der Waals surface area (Å²) in [5.74, 6) is -1.41. The number of benzene rings is 1. The topological polar surface area (TPSA) is 122 Å². The SMILES string of the molecule is CC(C)(CO)C(=O)N(C1CCCCC1)[C@H]1CCN(NC(=O)[C@@H](Cc2ccc(Cl)cc2)NCC(=O)O)C1.Cl. The molecule has 9 nitrogen and oxygen atoms in total. The summed E-state index contributed by atoms with van der Waals surface area (Å²) in [7, 11) is 0. The van der Waals surface area contributed by atoms with E-state index in [-0.39, 0.29) is 49.5 Å². The number of carbonyl (C=O) groups is 3. The van der Waals surface area contributed by atoms with E-state index < -0.39 is 17.4 Å². The van der Waals surface area contributed by atoms with Crippen molar-refractivity contribution in [3.8, 4) is 0 Å². The van der Waals surface area contributed by atoms with Crippen molar-refractivity contribution in [3.05, 3.63) is 34.9 Å². The van der Waals surface area contributed by atoms with Crippen molar-refractivity contribution in [2.75, 3.05) is 26.2 Å². The molecule has 1 aliphatic heterocycles. The number of aliphatic hydroxyl groups excluding tert-OH is 1. The maximum absolute atomic E-state index is 13.5. The zero-order chi connectivity index (χ0) is 26.3. The van der Waals surface area contributed by atoms with Crippen molar-refractivity contribution in [1.29, 1.82) is 0 Å². The Hall–Kier alpha value is -1.91. The van der Waals surface area contributed by atoms with Gasteiger partial charge in [-0.2, -0.15) is 0 Å². The summed E-state index contributed by atoms with van der Waals surface area (Å²) >= 11 is 5.96. The van der Waals surface area contributed by atoms with Crippen molar-refractivity contribution < 1.29 is 24.6 Å². The monoisotopic (exact) mass is 558 g/mol. The van der Waals surface area contributed by atoms with Crippen LogP contribution in [0.2, 0.25) is 5.02 Å². The number of aliphatic hydroxyl groups is 1. The van der Waals surface area contributed by atoms with Gasteiger partial charge in [0.1, 0.15) is 0 Å². The molecule has 2 fully saturated rings. The first kappa shape index (κ1) is 31.3. The van der Waals surface area contributed by atoms with Crippen LogP contribution in [-0.2, 0) is 20.8 Å². The highest BCUT2D eigenvalue weighted by Crippen LogP contribution is 2.31. The summed E-state index contributed by atoms with van der Waals surface area (Å²) in [5.41, 5.74) is 2.94. The van der Waals surface area contributed by atoms with E-state index in [0.29, 0.717) is 31.0 Å². The van der Waals surface area contributed by atoms with Crippen LogP contribution in [0.5, 0.6) is 0 Å². The summed E-state index contributed by atoms with van der Waals surface area (Å²) in [6.45, 7) is 4.06. The number of hydrazine groups is 1. The summed E-state index contributed by atoms with van der Waals surface area (Å²) in [5, 5.41) is 24.2. The first-order valence-electron chi connectivity index (χ1n) is 12.8. The lowest BCUT2D eigenvalue weighted by molar-refractivity contribution is -0.148. The molecular formula is C26H40Cl2N4O5. The smallest absolute Gasteiger partial charge is 0.317 e. The third-order valence-electron chi connectivity index (χ3n) is 7.17. The number of amides is 2. The van der Waals surface area contributed by atoms with E-state index in [4.69, 9.17) is 16.7 Å². The van der Waals surface area contributed by atoms with Crippen molar-refractivity contribution in [3.63, 3.8) is 0 Å². The van der Waals surface area contributed by atoms with Crippen molar-refractivity contribution in [2.45, 2.75) is 76.9 Å². The van der Waals surface area contributed by atoms with Crippen molar-refractivity contribution in [1.82, 2.24) is 20.7 Å². The Morgan fingerprint density at radius 3 is 2.35 bits per heavy atom. The molecule has 2 atom stereocenters. The second-order valence-corrected chi connectivity index (χ2v) is 11.0. The van der Waals surface area contributed by atoms with Crippen molar-refractivity contribution >= 4 is 41.8 Å². The fraction of sp³-hybridized carbons (Fsp3) is 0.654. The van der Waals surface area contributed by atoms with Crippen LogP contribution in [0.4, 0.5) is 0 Å². The molecule has 1 saturated carbocycles. The minimum absolute atomic E-state index is 0. The molecular weight excluding hydrogens is 519 g/mol. The van der Waals surface area contributed by atoms with Gasteiger partial charge < -0.3 is 15.1 Å². The Morgan fingerprint density at radius 1 is 1.11 bits per heavy atom. The van der Waals surface area contributed by atoms with E-state index in [1.165, 1.54) is 6.42 Å². The zero-order valence-electron chi connectivity index (χ0n) is 21.6. The highest BCUT2D eigenvalue weighted by molar-refractivity contribution is 6.30. The number of carboxylic acids is 1. The van der Waals surface area contributed by atoms with Crippen LogP contribution in [0.15, 0.2) is 24.3 Å². The molecule has 1 heterocycles. The predicted octanol–water partition coefficient (Wildman–Crippen LogP) is 2.63. The number of halogens is 2. The van der Waals surface area contributed by atoms with E-state index in [1.54, 1.807) is 26.0 Å². The van der Waals surface area contributed by atoms with Gasteiger partial charge in [-0.1, -0.05) is 43.0 Å². The quantitative estimate of drug-likeness (QED) is 0.329. The van der Waals surface area contributed by atoms with Crippen LogP contribution in [-0.4, -0.2) is 82.3 Å². The Kier molecular flexibility index (Phi) is 12.1. The first-order valence-corrected chi connectivity index (χ1v) is 13.2. The molecule has 3 rings (SSSR count). The van der Waals surface area contributed by atoms with Gasteiger partial charge in [-0.05, 0) is 57.2 Å². The largest absolute Gasteiger partial charge is 0.480 e. The first-order chi connectivity index (χ1) is 17.1. The molecule has 11 heteroatoms. The van der Waals surface area contributed by atoms with E-state index >= 15 is 0 Å². The fourth-order valence-corrected chi connectivity index (χ4v) is 5.16. The molecule has 0 aromatic heterocycles. The maximum Gasteiger partial charge on any atom is 0.317 e. The molecule has 0 radical (unpaired) electrons. The zero-order valence-corrected chi connectivity index (χ0v) is 23.2. The van der Waals surface area contributed by atoms with Gasteiger partial charge in [0.2, 0.25) is 5.91 Å². The van der Waals surface area contributed by atoms with Crippen LogP contribution < -0.4 is 10.7 Å². The Balaban J connectivity index is 0.00000481. The lowest BCUT2D eigenvalue weighted by Crippen LogP contribution is -2.56. The van der Waals surface area contributed by atoms with E-state index in [9.17, 15) is 19.5 Å². The molecule has 4 N–H and O–H groups in total. The van der Waals surface area contributed by atoms with Gasteiger partial charge in [0, 0.05) is 30.2 Å². The molecule has 1 saturated heterocycles. The lowest BCUT2D eigenvalue weighted by Gasteiger charge is -2.42. The summed E-state index contributed by atoms with van der Waals surface area (Å²) in [6.07, 6.45) is 6.29. The molecule has 0 spiro atoms. The van der Waals surface area contributed by atoms with Gasteiger partial charge in [-0.15, -0.1) is 12.4 Å². The van der Waals surface area contributed by atoms with Crippen LogP contribution in [0.3, 0.4) is 0 Å². The minimum atomic E-state index is -1.04. The van der Waals surface area contributed by atoms with Gasteiger partial charge in [0.25, 0.3) is 5.91 Å². The molecule has 0 bridgehead atoms. The Labute approximate surface area is 230 Å². The number of nitrogens with one attached hydrogen (secondary N) is 2. The normalized spacial score (nSPS) is 19.6. The number of aliphatic carboxylic acids is 1. The highest BCUT2D eigenvalue weighted by atomic mass is 35.5. The second-order valence-electron chi connectivity index (χ2n) is 10.6. The summed E-state index contributed by atoms with van der Waals surface area (Å²) in [4.78, 5) is 39.7. The number of hydrogen-bond donors (Lipinski definition) is 4. The van der Waals surface area contributed by atoms with Crippen LogP contribution in [0.1, 0.15) is 57.9 Å². The Morgan fingerprint density at radius 2 is 1.76 bits per heavy atom. The number of nitrogens with zero attached hydrogens (tertiary/aromatic N) is 2. The lowest BCUT2D eigenvalue weighted by atomic mass is 9.87. The molecule has 1 aromatic carbocycles. The number of carboxylic acid groups (broad SMARTS) is 1. The molecule has 2 aliphatic rings. The molecule has 2 amide bonds. The van der Waals surface area contributed by atoms with Crippen LogP contribution in [0.25, 0.3) is 0 Å². The average molecular weight is 560 g/mol. The molecule has 0 unspecified atom stereocenters. The van der Waals surface area contributed by atoms with Gasteiger partial charge in [0.05, 0.1) is 24.6 Å². The van der Waals surface area contributed by atoms with Crippen LogP contribution >= 0.6 is 24.0 Å². The number of rotatable bonds is 11. The average Bonchev–Trinajstić information content (AvgIpc) is 3.31. The standard InChI is InChI=1S/C26H39ClN4O5.ClH/c1-26(2,17-32)25(36)31(20-6-4-3-5-7-20)21-12-13-30(16-21)29-24(35)22(28-15-23(33)34)14-18-8-10-19(27)11-9-18;/h8-11,20-22,28,32H,3-7,12-17H2,1-2H3,(H,29,35)(H,33,34);1H/t21-,22+;/m0./s1. The van der Waals surface area contributed by atoms with E-state index in [1.807, 2.05) is 22.0 Å². The van der Waals surface area contributed by atoms with Gasteiger partial charge in [-0.3, -0.25) is 25.1 Å². The third-order valence-corrected chi connectivity index (χ3v) is 7.42. The fourth-order valence-electron chi connectivity index (χ4n) is 5.03. The maximum atomic E-state index is 13.5. The molecule has 1 aliphatic carbocycles. The highest BCUT2D eigenvalue weighted by Gasteiger charge is 2.41. The summed E-state index contributed by atoms with van der Waals surface area (Å²) in [6, 6.07) is 6.44.